The number of thiazole rings is 1. The van der Waals surface area contributed by atoms with Crippen LogP contribution in [-0.2, 0) is 17.9 Å². The number of hydrogen-bond acceptors (Lipinski definition) is 5. The summed E-state index contributed by atoms with van der Waals surface area (Å²) in [5.41, 5.74) is 3.31. The Bertz CT molecular complexity index is 1130. The van der Waals surface area contributed by atoms with Gasteiger partial charge in [0.2, 0.25) is 0 Å². The third-order valence-corrected chi connectivity index (χ3v) is 7.68. The van der Waals surface area contributed by atoms with Crippen molar-refractivity contribution in [1.82, 2.24) is 14.9 Å². The van der Waals surface area contributed by atoms with E-state index in [4.69, 9.17) is 37.7 Å². The predicted octanol–water partition coefficient (Wildman–Crippen LogP) is 6.76. The minimum absolute atomic E-state index is 0.0258. The van der Waals surface area contributed by atoms with Crippen molar-refractivity contribution in [2.45, 2.75) is 52.2 Å². The van der Waals surface area contributed by atoms with E-state index in [0.717, 1.165) is 28.6 Å². The molecule has 0 spiro atoms. The second-order valence-electron chi connectivity index (χ2n) is 8.91. The Morgan fingerprint density at radius 2 is 1.91 bits per heavy atom. The standard InChI is InChI=1S/C26H31Cl2N3O3S/c1-17-22(26(32)29-14-18-6-4-3-5-7-18)13-24(31(17)8-9-33-2)23-16-35-25(30-23)15-34-21-11-19(27)10-20(28)12-21/h10-13,16,18H,3-9,14-15H2,1-2H3,(H,29,32). The number of nitrogens with one attached hydrogen (secondary N) is 1. The fourth-order valence-electron chi connectivity index (χ4n) is 4.53. The monoisotopic (exact) mass is 535 g/mol. The van der Waals surface area contributed by atoms with Crippen LogP contribution in [0.1, 0.15) is 53.2 Å². The van der Waals surface area contributed by atoms with E-state index in [9.17, 15) is 4.79 Å². The smallest absolute Gasteiger partial charge is 0.253 e. The number of carbonyl (C=O) groups is 1. The number of nitrogens with zero attached hydrogens (tertiary/aromatic N) is 2. The Balaban J connectivity index is 1.49. The molecular weight excluding hydrogens is 505 g/mol. The minimum atomic E-state index is -0.0258. The summed E-state index contributed by atoms with van der Waals surface area (Å²) in [7, 11) is 1.68. The summed E-state index contributed by atoms with van der Waals surface area (Å²) in [6.07, 6.45) is 6.23. The van der Waals surface area contributed by atoms with Crippen molar-refractivity contribution >= 4 is 40.4 Å². The SMILES string of the molecule is COCCn1c(-c2csc(COc3cc(Cl)cc(Cl)c3)n2)cc(C(=O)NCC2CCCCC2)c1C. The molecule has 2 heterocycles. The molecule has 35 heavy (non-hydrogen) atoms. The van der Waals surface area contributed by atoms with Gasteiger partial charge in [0.1, 0.15) is 17.4 Å². The quantitative estimate of drug-likeness (QED) is 0.311. The van der Waals surface area contributed by atoms with E-state index in [1.807, 2.05) is 18.4 Å². The Kier molecular flexibility index (Phi) is 9.11. The van der Waals surface area contributed by atoms with E-state index >= 15 is 0 Å². The number of ether oxygens (including phenoxy) is 2. The number of methoxy groups -OCH3 is 1. The van der Waals surface area contributed by atoms with Crippen LogP contribution in [0.2, 0.25) is 10.0 Å². The summed E-state index contributed by atoms with van der Waals surface area (Å²) >= 11 is 13.6. The molecule has 9 heteroatoms. The highest BCUT2D eigenvalue weighted by molar-refractivity contribution is 7.09. The van der Waals surface area contributed by atoms with Crippen LogP contribution in [0.3, 0.4) is 0 Å². The summed E-state index contributed by atoms with van der Waals surface area (Å²) in [5.74, 6) is 1.15. The summed E-state index contributed by atoms with van der Waals surface area (Å²) in [6, 6.07) is 7.05. The average molecular weight is 537 g/mol. The van der Waals surface area contributed by atoms with E-state index < -0.39 is 0 Å². The van der Waals surface area contributed by atoms with Gasteiger partial charge in [0.15, 0.2) is 0 Å². The molecular formula is C26H31Cl2N3O3S. The molecule has 1 aliphatic carbocycles. The Morgan fingerprint density at radius 1 is 1.17 bits per heavy atom. The average Bonchev–Trinajstić information content (AvgIpc) is 3.44. The van der Waals surface area contributed by atoms with Crippen molar-refractivity contribution in [3.05, 3.63) is 56.0 Å². The minimum Gasteiger partial charge on any atom is -0.486 e. The molecule has 1 aliphatic rings. The first-order chi connectivity index (χ1) is 16.9. The van der Waals surface area contributed by atoms with Gasteiger partial charge in [-0.25, -0.2) is 4.98 Å². The molecule has 3 aromatic rings. The van der Waals surface area contributed by atoms with Gasteiger partial charge in [-0.1, -0.05) is 42.5 Å². The molecule has 0 unspecified atom stereocenters. The second-order valence-corrected chi connectivity index (χ2v) is 10.7. The van der Waals surface area contributed by atoms with Gasteiger partial charge in [0.05, 0.1) is 23.6 Å². The van der Waals surface area contributed by atoms with Crippen LogP contribution in [0.15, 0.2) is 29.6 Å². The Labute approximate surface area is 220 Å². The van der Waals surface area contributed by atoms with Crippen molar-refractivity contribution in [3.63, 3.8) is 0 Å². The molecule has 4 rings (SSSR count). The normalized spacial score (nSPS) is 14.3. The molecule has 0 saturated heterocycles. The molecule has 1 N–H and O–H groups in total. The Hall–Kier alpha value is -2.06. The molecule has 2 aromatic heterocycles. The lowest BCUT2D eigenvalue weighted by atomic mass is 9.89. The molecule has 0 bridgehead atoms. The van der Waals surface area contributed by atoms with Crippen LogP contribution < -0.4 is 10.1 Å². The predicted molar refractivity (Wildman–Crippen MR) is 142 cm³/mol. The van der Waals surface area contributed by atoms with Crippen molar-refractivity contribution in [2.24, 2.45) is 5.92 Å². The molecule has 6 nitrogen and oxygen atoms in total. The highest BCUT2D eigenvalue weighted by atomic mass is 35.5. The Morgan fingerprint density at radius 3 is 2.63 bits per heavy atom. The van der Waals surface area contributed by atoms with Crippen LogP contribution in [0.4, 0.5) is 0 Å². The van der Waals surface area contributed by atoms with Crippen molar-refractivity contribution in [2.75, 3.05) is 20.3 Å². The van der Waals surface area contributed by atoms with E-state index in [1.165, 1.54) is 43.4 Å². The van der Waals surface area contributed by atoms with Crippen molar-refractivity contribution in [1.29, 1.82) is 0 Å². The molecule has 0 atom stereocenters. The van der Waals surface area contributed by atoms with Crippen LogP contribution in [0, 0.1) is 12.8 Å². The summed E-state index contributed by atoms with van der Waals surface area (Å²) in [6.45, 7) is 4.20. The molecule has 1 fully saturated rings. The first-order valence-corrected chi connectivity index (χ1v) is 13.6. The summed E-state index contributed by atoms with van der Waals surface area (Å²) in [4.78, 5) is 17.9. The van der Waals surface area contributed by atoms with Crippen LogP contribution >= 0.6 is 34.5 Å². The van der Waals surface area contributed by atoms with Gasteiger partial charge >= 0.3 is 0 Å². The number of hydrogen-bond donors (Lipinski definition) is 1. The first-order valence-electron chi connectivity index (χ1n) is 12.0. The van der Waals surface area contributed by atoms with Crippen molar-refractivity contribution in [3.8, 4) is 17.1 Å². The van der Waals surface area contributed by atoms with Crippen LogP contribution in [0.25, 0.3) is 11.4 Å². The zero-order chi connectivity index (χ0) is 24.8. The van der Waals surface area contributed by atoms with Crippen molar-refractivity contribution < 1.29 is 14.3 Å². The van der Waals surface area contributed by atoms with Gasteiger partial charge in [-0.3, -0.25) is 4.79 Å². The first kappa shape index (κ1) is 26.0. The van der Waals surface area contributed by atoms with Gasteiger partial charge in [-0.05, 0) is 49.9 Å². The van der Waals surface area contributed by atoms with Gasteiger partial charge in [-0.2, -0.15) is 0 Å². The zero-order valence-electron chi connectivity index (χ0n) is 20.1. The van der Waals surface area contributed by atoms with Gasteiger partial charge < -0.3 is 19.4 Å². The lowest BCUT2D eigenvalue weighted by molar-refractivity contribution is 0.0942. The van der Waals surface area contributed by atoms with Gasteiger partial charge in [0.25, 0.3) is 5.91 Å². The van der Waals surface area contributed by atoms with E-state index in [2.05, 4.69) is 9.88 Å². The lowest BCUT2D eigenvalue weighted by Gasteiger charge is -2.21. The summed E-state index contributed by atoms with van der Waals surface area (Å²) < 4.78 is 13.3. The fraction of sp³-hybridized carbons (Fsp3) is 0.462. The molecule has 1 aromatic carbocycles. The molecule has 1 saturated carbocycles. The van der Waals surface area contributed by atoms with E-state index in [1.54, 1.807) is 25.3 Å². The van der Waals surface area contributed by atoms with E-state index in [-0.39, 0.29) is 5.91 Å². The molecule has 188 valence electrons. The molecule has 0 aliphatic heterocycles. The fourth-order valence-corrected chi connectivity index (χ4v) is 5.74. The maximum absolute atomic E-state index is 13.1. The second kappa shape index (κ2) is 12.3. The van der Waals surface area contributed by atoms with Gasteiger partial charge in [-0.15, -0.1) is 11.3 Å². The number of halogens is 2. The molecule has 1 amide bonds. The zero-order valence-corrected chi connectivity index (χ0v) is 22.4. The largest absolute Gasteiger partial charge is 0.486 e. The highest BCUT2D eigenvalue weighted by Gasteiger charge is 2.21. The maximum Gasteiger partial charge on any atom is 0.253 e. The number of amides is 1. The lowest BCUT2D eigenvalue weighted by Crippen LogP contribution is -2.30. The summed E-state index contributed by atoms with van der Waals surface area (Å²) in [5, 5.41) is 7.02. The molecule has 0 radical (unpaired) electrons. The van der Waals surface area contributed by atoms with Crippen LogP contribution in [-0.4, -0.2) is 35.7 Å². The van der Waals surface area contributed by atoms with Gasteiger partial charge in [0, 0.05) is 41.3 Å². The third-order valence-electron chi connectivity index (χ3n) is 6.42. The highest BCUT2D eigenvalue weighted by Crippen LogP contribution is 2.29. The number of rotatable bonds is 10. The van der Waals surface area contributed by atoms with E-state index in [0.29, 0.717) is 47.0 Å². The topological polar surface area (TPSA) is 65.4 Å². The third kappa shape index (κ3) is 6.79. The van der Waals surface area contributed by atoms with Crippen LogP contribution in [0.5, 0.6) is 5.75 Å². The maximum atomic E-state index is 13.1. The number of carbonyl (C=O) groups excluding carboxylic acids is 1. The number of benzene rings is 1. The number of aromatic nitrogens is 2.